The fraction of sp³-hybridized carbons (Fsp3) is 0.583. The fourth-order valence-corrected chi connectivity index (χ4v) is 6.95. The Labute approximate surface area is 226 Å². The Balaban J connectivity index is 1.45. The van der Waals surface area contributed by atoms with Crippen LogP contribution in [0.15, 0.2) is 12.3 Å². The van der Waals surface area contributed by atoms with Gasteiger partial charge >= 0.3 is 6.01 Å². The van der Waals surface area contributed by atoms with E-state index in [0.29, 0.717) is 49.6 Å². The van der Waals surface area contributed by atoms with Crippen LogP contribution in [0, 0.1) is 0 Å². The molecule has 2 aliphatic rings. The van der Waals surface area contributed by atoms with Gasteiger partial charge in [0.2, 0.25) is 15.9 Å². The lowest BCUT2D eigenvalue weighted by Gasteiger charge is -2.35. The second-order valence-corrected chi connectivity index (χ2v) is 12.6. The van der Waals surface area contributed by atoms with Gasteiger partial charge in [-0.2, -0.15) is 4.98 Å². The van der Waals surface area contributed by atoms with Gasteiger partial charge < -0.3 is 19.1 Å². The van der Waals surface area contributed by atoms with Crippen LogP contribution in [0.4, 0.5) is 5.82 Å². The van der Waals surface area contributed by atoms with Crippen LogP contribution in [-0.4, -0.2) is 111 Å². The number of anilines is 1. The number of hydrogen-bond acceptors (Lipinski definition) is 12. The Hall–Kier alpha value is -2.65. The lowest BCUT2D eigenvalue weighted by Crippen LogP contribution is -2.44. The number of methoxy groups -OCH3 is 2. The van der Waals surface area contributed by atoms with Gasteiger partial charge in [0.15, 0.2) is 11.6 Å². The standard InChI is InChI=1S/C24H33N7O5S2/c1-29(16-5-7-31(8-6-16)38(4,32)33)15-17-13-19-20(37-17)22(30-9-11-36-12-10-30)27-21(26-19)18-14-25-24(35-3)28-23(18)34-2/h13-14,16H,5-12,15H2,1-4H3. The van der Waals surface area contributed by atoms with Crippen molar-refractivity contribution in [2.75, 3.05) is 71.8 Å². The molecule has 0 saturated carbocycles. The van der Waals surface area contributed by atoms with E-state index in [2.05, 4.69) is 32.9 Å². The molecule has 0 radical (unpaired) electrons. The number of aromatic nitrogens is 4. The van der Waals surface area contributed by atoms with E-state index >= 15 is 0 Å². The Morgan fingerprint density at radius 1 is 1.11 bits per heavy atom. The van der Waals surface area contributed by atoms with E-state index in [1.165, 1.54) is 18.2 Å². The third kappa shape index (κ3) is 5.69. The van der Waals surface area contributed by atoms with Gasteiger partial charge in [0.25, 0.3) is 0 Å². The van der Waals surface area contributed by atoms with Crippen molar-refractivity contribution in [2.24, 2.45) is 0 Å². The van der Waals surface area contributed by atoms with E-state index in [1.54, 1.807) is 28.9 Å². The van der Waals surface area contributed by atoms with Crippen molar-refractivity contribution < 1.29 is 22.6 Å². The quantitative estimate of drug-likeness (QED) is 0.399. The zero-order valence-corrected chi connectivity index (χ0v) is 23.7. The summed E-state index contributed by atoms with van der Waals surface area (Å²) in [5, 5.41) is 0. The zero-order valence-electron chi connectivity index (χ0n) is 22.1. The second-order valence-electron chi connectivity index (χ2n) is 9.49. The van der Waals surface area contributed by atoms with Crippen LogP contribution in [0.25, 0.3) is 21.6 Å². The van der Waals surface area contributed by atoms with Gasteiger partial charge in [-0.3, -0.25) is 4.90 Å². The van der Waals surface area contributed by atoms with Gasteiger partial charge in [-0.15, -0.1) is 11.3 Å². The topological polar surface area (TPSA) is 123 Å². The lowest BCUT2D eigenvalue weighted by molar-refractivity contribution is 0.122. The van der Waals surface area contributed by atoms with Crippen molar-refractivity contribution >= 4 is 37.4 Å². The first-order chi connectivity index (χ1) is 18.3. The number of ether oxygens (including phenoxy) is 3. The van der Waals surface area contributed by atoms with E-state index in [1.807, 2.05) is 0 Å². The third-order valence-electron chi connectivity index (χ3n) is 6.98. The summed E-state index contributed by atoms with van der Waals surface area (Å²) in [7, 11) is 2.02. The zero-order chi connectivity index (χ0) is 26.9. The molecule has 14 heteroatoms. The average molecular weight is 564 g/mol. The van der Waals surface area contributed by atoms with Crippen LogP contribution >= 0.6 is 11.3 Å². The molecule has 5 heterocycles. The molecular formula is C24H33N7O5S2. The predicted octanol–water partition coefficient (Wildman–Crippen LogP) is 1.86. The van der Waals surface area contributed by atoms with E-state index in [-0.39, 0.29) is 6.01 Å². The van der Waals surface area contributed by atoms with Crippen molar-refractivity contribution in [3.63, 3.8) is 0 Å². The van der Waals surface area contributed by atoms with Crippen LogP contribution in [0.3, 0.4) is 0 Å². The molecule has 0 atom stereocenters. The van der Waals surface area contributed by atoms with Crippen molar-refractivity contribution in [3.8, 4) is 23.3 Å². The Kier molecular flexibility index (Phi) is 7.95. The molecule has 3 aromatic heterocycles. The highest BCUT2D eigenvalue weighted by atomic mass is 32.2. The SMILES string of the molecule is COc1ncc(-c2nc(N3CCOCC3)c3sc(CN(C)C4CCN(S(C)(=O)=O)CC4)cc3n2)c(OC)n1. The number of nitrogens with zero attached hydrogens (tertiary/aromatic N) is 7. The van der Waals surface area contributed by atoms with Gasteiger partial charge in [0.1, 0.15) is 5.56 Å². The number of morpholine rings is 1. The molecule has 2 saturated heterocycles. The molecule has 38 heavy (non-hydrogen) atoms. The number of hydrogen-bond donors (Lipinski definition) is 0. The molecule has 0 spiro atoms. The normalized spacial score (nSPS) is 17.9. The van der Waals surface area contributed by atoms with Gasteiger partial charge in [-0.05, 0) is 26.0 Å². The molecule has 5 rings (SSSR count). The highest BCUT2D eigenvalue weighted by Crippen LogP contribution is 2.37. The minimum Gasteiger partial charge on any atom is -0.480 e. The molecule has 0 N–H and O–H groups in total. The summed E-state index contributed by atoms with van der Waals surface area (Å²) < 4.78 is 42.6. The molecule has 0 aliphatic carbocycles. The number of thiophene rings is 1. The average Bonchev–Trinajstić information content (AvgIpc) is 3.34. The maximum absolute atomic E-state index is 11.9. The van der Waals surface area contributed by atoms with Gasteiger partial charge in [0, 0.05) is 49.8 Å². The van der Waals surface area contributed by atoms with Crippen molar-refractivity contribution in [1.29, 1.82) is 0 Å². The minimum atomic E-state index is -3.14. The maximum atomic E-state index is 11.9. The summed E-state index contributed by atoms with van der Waals surface area (Å²) >= 11 is 1.70. The molecule has 0 aromatic carbocycles. The van der Waals surface area contributed by atoms with Crippen LogP contribution in [0.2, 0.25) is 0 Å². The maximum Gasteiger partial charge on any atom is 0.319 e. The predicted molar refractivity (Wildman–Crippen MR) is 145 cm³/mol. The summed E-state index contributed by atoms with van der Waals surface area (Å²) in [6.45, 7) is 4.63. The summed E-state index contributed by atoms with van der Waals surface area (Å²) in [5.74, 6) is 1.70. The largest absolute Gasteiger partial charge is 0.480 e. The number of piperidine rings is 1. The van der Waals surface area contributed by atoms with Gasteiger partial charge in [-0.25, -0.2) is 27.7 Å². The van der Waals surface area contributed by atoms with Crippen molar-refractivity contribution in [3.05, 3.63) is 17.1 Å². The van der Waals surface area contributed by atoms with Crippen LogP contribution in [0.1, 0.15) is 17.7 Å². The van der Waals surface area contributed by atoms with Crippen molar-refractivity contribution in [1.82, 2.24) is 29.1 Å². The molecule has 2 fully saturated rings. The number of sulfonamides is 1. The van der Waals surface area contributed by atoms with Crippen molar-refractivity contribution in [2.45, 2.75) is 25.4 Å². The smallest absolute Gasteiger partial charge is 0.319 e. The molecule has 2 aliphatic heterocycles. The molecule has 3 aromatic rings. The van der Waals surface area contributed by atoms with Gasteiger partial charge in [0.05, 0.1) is 43.9 Å². The molecule has 0 bridgehead atoms. The van der Waals surface area contributed by atoms with E-state index in [4.69, 9.17) is 24.2 Å². The first-order valence-electron chi connectivity index (χ1n) is 12.5. The van der Waals surface area contributed by atoms with E-state index in [0.717, 1.165) is 48.5 Å². The van der Waals surface area contributed by atoms with E-state index in [9.17, 15) is 8.42 Å². The fourth-order valence-electron chi connectivity index (χ4n) is 4.90. The molecule has 0 unspecified atom stereocenters. The monoisotopic (exact) mass is 563 g/mol. The summed E-state index contributed by atoms with van der Waals surface area (Å²) in [4.78, 5) is 24.1. The first-order valence-corrected chi connectivity index (χ1v) is 15.2. The number of fused-ring (bicyclic) bond motifs is 1. The summed E-state index contributed by atoms with van der Waals surface area (Å²) in [6, 6.07) is 2.65. The Morgan fingerprint density at radius 2 is 1.84 bits per heavy atom. The second kappa shape index (κ2) is 11.2. The first kappa shape index (κ1) is 26.9. The van der Waals surface area contributed by atoms with Gasteiger partial charge in [-0.1, -0.05) is 0 Å². The third-order valence-corrected chi connectivity index (χ3v) is 9.39. The summed E-state index contributed by atoms with van der Waals surface area (Å²) in [5.41, 5.74) is 1.45. The molecule has 0 amide bonds. The van der Waals surface area contributed by atoms with Crippen LogP contribution in [-0.2, 0) is 21.3 Å². The lowest BCUT2D eigenvalue weighted by atomic mass is 10.1. The highest BCUT2D eigenvalue weighted by molar-refractivity contribution is 7.88. The minimum absolute atomic E-state index is 0.211. The molecule has 206 valence electrons. The van der Waals surface area contributed by atoms with Crippen LogP contribution < -0.4 is 14.4 Å². The highest BCUT2D eigenvalue weighted by Gasteiger charge is 2.28. The molecule has 12 nitrogen and oxygen atoms in total. The Bertz CT molecular complexity index is 1390. The van der Waals surface area contributed by atoms with Crippen LogP contribution in [0.5, 0.6) is 11.9 Å². The number of rotatable bonds is 8. The molecular weight excluding hydrogens is 530 g/mol. The van der Waals surface area contributed by atoms with E-state index < -0.39 is 10.0 Å². The Morgan fingerprint density at radius 3 is 2.50 bits per heavy atom. The summed E-state index contributed by atoms with van der Waals surface area (Å²) in [6.07, 6.45) is 4.53.